The number of quaternary nitrogens is 1. The van der Waals surface area contributed by atoms with Crippen LogP contribution >= 0.6 is 11.6 Å². The second-order valence-corrected chi connectivity index (χ2v) is 9.88. The highest BCUT2D eigenvalue weighted by molar-refractivity contribution is 6.30. The highest BCUT2D eigenvalue weighted by atomic mass is 35.5. The van der Waals surface area contributed by atoms with Gasteiger partial charge in [0.1, 0.15) is 12.6 Å². The van der Waals surface area contributed by atoms with Gasteiger partial charge in [0.2, 0.25) is 0 Å². The quantitative estimate of drug-likeness (QED) is 0.777. The average molecular weight is 396 g/mol. The minimum absolute atomic E-state index is 0.299. The molecular formula is C22H36ClN2O2+. The summed E-state index contributed by atoms with van der Waals surface area (Å²) in [4.78, 5) is 3.84. The van der Waals surface area contributed by atoms with Gasteiger partial charge in [0, 0.05) is 10.7 Å². The molecule has 1 heterocycles. The Balaban J connectivity index is 1.39. The fourth-order valence-electron chi connectivity index (χ4n) is 4.98. The minimum atomic E-state index is -0.377. The van der Waals surface area contributed by atoms with Crippen molar-refractivity contribution in [2.45, 2.75) is 52.2 Å². The molecule has 3 atom stereocenters. The van der Waals surface area contributed by atoms with Gasteiger partial charge in [-0.05, 0) is 48.8 Å². The van der Waals surface area contributed by atoms with E-state index in [4.69, 9.17) is 16.3 Å². The van der Waals surface area contributed by atoms with Crippen LogP contribution in [0, 0.1) is 11.3 Å². The van der Waals surface area contributed by atoms with E-state index in [1.54, 1.807) is 0 Å². The smallest absolute Gasteiger partial charge is 0.126 e. The first-order valence-electron chi connectivity index (χ1n) is 10.4. The molecule has 2 aliphatic rings. The van der Waals surface area contributed by atoms with E-state index in [1.807, 2.05) is 18.2 Å². The molecule has 1 aliphatic heterocycles. The first-order valence-corrected chi connectivity index (χ1v) is 10.8. The van der Waals surface area contributed by atoms with E-state index in [-0.39, 0.29) is 6.10 Å². The van der Waals surface area contributed by atoms with E-state index in [0.29, 0.717) is 24.0 Å². The van der Waals surface area contributed by atoms with Crippen LogP contribution in [0.4, 0.5) is 5.69 Å². The number of aliphatic hydroxyl groups is 1. The maximum atomic E-state index is 10.5. The molecule has 3 rings (SSSR count). The molecule has 4 nitrogen and oxygen atoms in total. The zero-order valence-electron chi connectivity index (χ0n) is 17.1. The van der Waals surface area contributed by atoms with Crippen LogP contribution in [0.1, 0.15) is 40.0 Å². The summed E-state index contributed by atoms with van der Waals surface area (Å²) in [5.41, 5.74) is 1.55. The van der Waals surface area contributed by atoms with Crippen LogP contribution in [-0.2, 0) is 4.74 Å². The van der Waals surface area contributed by atoms with Crippen LogP contribution in [0.3, 0.4) is 0 Å². The topological polar surface area (TPSA) is 37.1 Å². The molecule has 5 heteroatoms. The van der Waals surface area contributed by atoms with Crippen LogP contribution < -0.4 is 9.80 Å². The number of anilines is 1. The van der Waals surface area contributed by atoms with E-state index >= 15 is 0 Å². The van der Waals surface area contributed by atoms with Crippen molar-refractivity contribution < 1.29 is 14.7 Å². The van der Waals surface area contributed by atoms with Gasteiger partial charge in [-0.1, -0.05) is 38.4 Å². The fourth-order valence-corrected chi connectivity index (χ4v) is 5.17. The lowest BCUT2D eigenvalue weighted by Gasteiger charge is -2.39. The van der Waals surface area contributed by atoms with Gasteiger partial charge in [0.25, 0.3) is 0 Å². The van der Waals surface area contributed by atoms with Gasteiger partial charge < -0.3 is 19.6 Å². The normalized spacial score (nSPS) is 27.5. The third-order valence-electron chi connectivity index (χ3n) is 6.04. The Labute approximate surface area is 169 Å². The molecule has 0 spiro atoms. The monoisotopic (exact) mass is 395 g/mol. The lowest BCUT2D eigenvalue weighted by molar-refractivity contribution is -0.903. The fraction of sp³-hybridized carbons (Fsp3) is 0.727. The van der Waals surface area contributed by atoms with E-state index in [2.05, 4.69) is 31.7 Å². The SMILES string of the molecule is C[C@@H]1C[C@H](OC[C@H](O)C[NH+]2CCN(c3cccc(Cl)c3)CC2)CC(C)(C)C1. The Bertz CT molecular complexity index is 602. The molecule has 0 bridgehead atoms. The first-order chi connectivity index (χ1) is 12.8. The predicted molar refractivity (Wildman–Crippen MR) is 112 cm³/mol. The van der Waals surface area contributed by atoms with E-state index < -0.39 is 0 Å². The summed E-state index contributed by atoms with van der Waals surface area (Å²) in [5.74, 6) is 0.709. The maximum absolute atomic E-state index is 10.5. The number of rotatable bonds is 6. The van der Waals surface area contributed by atoms with Gasteiger partial charge in [-0.3, -0.25) is 0 Å². The molecule has 1 aliphatic carbocycles. The van der Waals surface area contributed by atoms with Gasteiger partial charge in [0.05, 0.1) is 38.9 Å². The molecule has 0 radical (unpaired) electrons. The molecule has 0 amide bonds. The number of benzene rings is 1. The molecule has 1 saturated heterocycles. The number of hydrogen-bond donors (Lipinski definition) is 2. The molecule has 1 aromatic carbocycles. The summed E-state index contributed by atoms with van der Waals surface area (Å²) in [6.07, 6.45) is 3.43. The summed E-state index contributed by atoms with van der Waals surface area (Å²) < 4.78 is 6.11. The van der Waals surface area contributed by atoms with Crippen LogP contribution in [0.25, 0.3) is 0 Å². The van der Waals surface area contributed by atoms with Crippen LogP contribution in [0.2, 0.25) is 5.02 Å². The second kappa shape index (κ2) is 9.13. The van der Waals surface area contributed by atoms with Gasteiger partial charge in [-0.15, -0.1) is 0 Å². The van der Waals surface area contributed by atoms with Crippen LogP contribution in [0.15, 0.2) is 24.3 Å². The molecule has 152 valence electrons. The predicted octanol–water partition coefficient (Wildman–Crippen LogP) is 2.64. The van der Waals surface area contributed by atoms with Crippen LogP contribution in [-0.4, -0.2) is 56.6 Å². The number of piperazine rings is 1. The van der Waals surface area contributed by atoms with Crippen molar-refractivity contribution in [1.82, 2.24) is 0 Å². The molecule has 2 N–H and O–H groups in total. The molecule has 27 heavy (non-hydrogen) atoms. The van der Waals surface area contributed by atoms with Crippen molar-refractivity contribution in [1.29, 1.82) is 0 Å². The highest BCUT2D eigenvalue weighted by Gasteiger charge is 2.33. The summed E-state index contributed by atoms with van der Waals surface area (Å²) in [7, 11) is 0. The third-order valence-corrected chi connectivity index (χ3v) is 6.27. The van der Waals surface area contributed by atoms with Crippen LogP contribution in [0.5, 0.6) is 0 Å². The Morgan fingerprint density at radius 1 is 1.30 bits per heavy atom. The second-order valence-electron chi connectivity index (χ2n) is 9.44. The summed E-state index contributed by atoms with van der Waals surface area (Å²) in [6.45, 7) is 12.3. The minimum Gasteiger partial charge on any atom is -0.385 e. The molecule has 0 unspecified atom stereocenters. The number of aliphatic hydroxyl groups excluding tert-OH is 1. The Morgan fingerprint density at radius 3 is 2.70 bits per heavy atom. The van der Waals surface area contributed by atoms with Crippen molar-refractivity contribution in [2.75, 3.05) is 44.2 Å². The summed E-state index contributed by atoms with van der Waals surface area (Å²) in [6, 6.07) is 8.07. The zero-order chi connectivity index (χ0) is 19.4. The van der Waals surface area contributed by atoms with E-state index in [1.165, 1.54) is 17.0 Å². The lowest BCUT2D eigenvalue weighted by atomic mass is 9.71. The largest absolute Gasteiger partial charge is 0.385 e. The van der Waals surface area contributed by atoms with Crippen molar-refractivity contribution in [3.05, 3.63) is 29.3 Å². The van der Waals surface area contributed by atoms with Gasteiger partial charge in [-0.2, -0.15) is 0 Å². The summed E-state index contributed by atoms with van der Waals surface area (Å²) >= 11 is 6.11. The number of halogens is 1. The molecular weight excluding hydrogens is 360 g/mol. The van der Waals surface area contributed by atoms with Crippen molar-refractivity contribution in [2.24, 2.45) is 11.3 Å². The number of hydrogen-bond acceptors (Lipinski definition) is 3. The van der Waals surface area contributed by atoms with Gasteiger partial charge in [-0.25, -0.2) is 0 Å². The Hall–Kier alpha value is -0.810. The van der Waals surface area contributed by atoms with E-state index in [0.717, 1.165) is 50.6 Å². The van der Waals surface area contributed by atoms with Crippen molar-refractivity contribution in [3.8, 4) is 0 Å². The van der Waals surface area contributed by atoms with Gasteiger partial charge >= 0.3 is 0 Å². The van der Waals surface area contributed by atoms with Crippen molar-refractivity contribution in [3.63, 3.8) is 0 Å². The third kappa shape index (κ3) is 6.35. The number of nitrogens with zero attached hydrogens (tertiary/aromatic N) is 1. The van der Waals surface area contributed by atoms with Gasteiger partial charge in [0.15, 0.2) is 0 Å². The molecule has 0 aromatic heterocycles. The van der Waals surface area contributed by atoms with Crippen molar-refractivity contribution >= 4 is 17.3 Å². The Morgan fingerprint density at radius 2 is 2.04 bits per heavy atom. The highest BCUT2D eigenvalue weighted by Crippen LogP contribution is 2.39. The molecule has 2 fully saturated rings. The lowest BCUT2D eigenvalue weighted by Crippen LogP contribution is -3.16. The molecule has 1 aromatic rings. The van der Waals surface area contributed by atoms with E-state index in [9.17, 15) is 5.11 Å². The zero-order valence-corrected chi connectivity index (χ0v) is 17.8. The number of nitrogens with one attached hydrogen (secondary N) is 1. The standard InChI is InChI=1S/C22H35ClN2O2/c1-17-11-21(14-22(2,3)13-17)27-16-20(26)15-24-7-9-25(10-8-24)19-6-4-5-18(23)12-19/h4-6,12,17,20-21,26H,7-11,13-16H2,1-3H3/p+1/t17-,20-,21+/m1/s1. The number of ether oxygens (including phenoxy) is 1. The average Bonchev–Trinajstić information content (AvgIpc) is 2.59. The summed E-state index contributed by atoms with van der Waals surface area (Å²) in [5, 5.41) is 11.3. The molecule has 1 saturated carbocycles. The Kier molecular flexibility index (Phi) is 7.07. The maximum Gasteiger partial charge on any atom is 0.126 e. The first kappa shape index (κ1) is 20.9.